The number of nitrogens with one attached hydrogen (secondary N) is 6. The van der Waals surface area contributed by atoms with Crippen LogP contribution in [0.15, 0.2) is 65.7 Å². The van der Waals surface area contributed by atoms with E-state index in [4.69, 9.17) is 28.0 Å². The van der Waals surface area contributed by atoms with E-state index in [2.05, 4.69) is 36.9 Å². The van der Waals surface area contributed by atoms with Crippen LogP contribution in [0.3, 0.4) is 0 Å². The fourth-order valence-electron chi connectivity index (χ4n) is 7.51. The van der Waals surface area contributed by atoms with Gasteiger partial charge in [-0.05, 0) is 48.6 Å². The lowest BCUT2D eigenvalue weighted by molar-refractivity contribution is -0.145. The molecule has 0 aromatic heterocycles. The van der Waals surface area contributed by atoms with Crippen molar-refractivity contribution in [3.8, 4) is 0 Å². The standard InChI is InChI=1S/C46H68N12O11/c1-5-26(4)36(56-43(66)37(48)57-41(64)35(25(2)3)55-39(62)30(18-12-20-51-46(49)50)52-38(61)29(47)24-34(59)60)42(65)53-31(22-27-14-8-6-9-15-27)44(67)58-21-13-19-33(58)40(63)54-32(45(68)69)23-28-16-10-7-11-17-28/h6-11,14-17,25-26,29-33,35-37H,5,12-13,18-24,47-48H2,1-4H3,(H,52,61)(H,53,65)(H,54,63)(H,55,62)(H,56,66)(H,57,64)(H,59,60)(H,68,69)(H4,49,50,51)/t26-,29-,30-,31-,32-,33-,35-,36-,37+/m0/s1. The number of carbonyl (C=O) groups excluding carboxylic acids is 7. The molecule has 3 rings (SSSR count). The molecule has 0 bridgehead atoms. The van der Waals surface area contributed by atoms with E-state index in [0.29, 0.717) is 24.0 Å². The van der Waals surface area contributed by atoms with Crippen molar-refractivity contribution < 1.29 is 53.4 Å². The highest BCUT2D eigenvalue weighted by Crippen LogP contribution is 2.21. The Hall–Kier alpha value is -7.14. The van der Waals surface area contributed by atoms with Crippen molar-refractivity contribution in [3.63, 3.8) is 0 Å². The summed E-state index contributed by atoms with van der Waals surface area (Å²) >= 11 is 0. The summed E-state index contributed by atoms with van der Waals surface area (Å²) in [6.07, 6.45) is -1.28. The Kier molecular flexibility index (Phi) is 22.5. The first-order valence-corrected chi connectivity index (χ1v) is 22.8. The number of likely N-dealkylation sites (tertiary alicyclic amines) is 1. The Bertz CT molecular complexity index is 2120. The van der Waals surface area contributed by atoms with E-state index >= 15 is 0 Å². The summed E-state index contributed by atoms with van der Waals surface area (Å²) in [6.45, 7) is 6.87. The van der Waals surface area contributed by atoms with Gasteiger partial charge < -0.3 is 69.9 Å². The fraction of sp³-hybridized carbons (Fsp3) is 0.522. The highest BCUT2D eigenvalue weighted by molar-refractivity contribution is 5.98. The molecule has 378 valence electrons. The molecule has 23 nitrogen and oxygen atoms in total. The van der Waals surface area contributed by atoms with Gasteiger partial charge in [0.15, 0.2) is 12.1 Å². The van der Waals surface area contributed by atoms with Crippen LogP contribution >= 0.6 is 0 Å². The van der Waals surface area contributed by atoms with Crippen molar-refractivity contribution >= 4 is 59.2 Å². The van der Waals surface area contributed by atoms with Crippen LogP contribution in [0.1, 0.15) is 77.3 Å². The number of benzene rings is 2. The number of nitrogens with two attached hydrogens (primary N) is 4. The predicted octanol–water partition coefficient (Wildman–Crippen LogP) is -2.07. The van der Waals surface area contributed by atoms with E-state index in [1.807, 2.05) is 0 Å². The van der Waals surface area contributed by atoms with Gasteiger partial charge in [-0.25, -0.2) is 4.79 Å². The molecule has 1 saturated heterocycles. The molecule has 2 aromatic carbocycles. The number of rotatable bonds is 27. The van der Waals surface area contributed by atoms with Gasteiger partial charge in [-0.2, -0.15) is 0 Å². The molecule has 0 spiro atoms. The average molecular weight is 965 g/mol. The van der Waals surface area contributed by atoms with Gasteiger partial charge in [0.05, 0.1) is 12.5 Å². The van der Waals surface area contributed by atoms with Crippen molar-refractivity contribution in [2.24, 2.45) is 39.8 Å². The smallest absolute Gasteiger partial charge is 0.326 e. The molecule has 7 amide bonds. The number of nitrogens with zero attached hydrogens (tertiary/aromatic N) is 2. The van der Waals surface area contributed by atoms with Crippen LogP contribution in [0, 0.1) is 11.8 Å². The Morgan fingerprint density at radius 2 is 1.25 bits per heavy atom. The van der Waals surface area contributed by atoms with Crippen LogP contribution in [0.5, 0.6) is 0 Å². The molecule has 0 saturated carbocycles. The van der Waals surface area contributed by atoms with Crippen molar-refractivity contribution in [1.29, 1.82) is 0 Å². The van der Waals surface area contributed by atoms with Crippen LogP contribution in [-0.2, 0) is 56.0 Å². The van der Waals surface area contributed by atoms with Crippen molar-refractivity contribution in [2.45, 2.75) is 128 Å². The maximum atomic E-state index is 14.4. The third-order valence-electron chi connectivity index (χ3n) is 11.6. The van der Waals surface area contributed by atoms with E-state index in [0.717, 1.165) is 0 Å². The molecule has 2 aromatic rings. The van der Waals surface area contributed by atoms with Gasteiger partial charge in [0.2, 0.25) is 35.4 Å². The summed E-state index contributed by atoms with van der Waals surface area (Å²) in [5, 5.41) is 34.3. The molecule has 0 radical (unpaired) electrons. The van der Waals surface area contributed by atoms with Gasteiger partial charge in [-0.1, -0.05) is 94.8 Å². The Balaban J connectivity index is 1.78. The van der Waals surface area contributed by atoms with Crippen LogP contribution in [0.2, 0.25) is 0 Å². The van der Waals surface area contributed by atoms with Gasteiger partial charge in [-0.15, -0.1) is 0 Å². The SMILES string of the molecule is CC[C@H](C)[C@H](NC(=O)[C@H](N)NC(=O)[C@@H](NC(=O)[C@H](CCCN=C(N)N)NC(=O)[C@@H](N)CC(=O)O)C(C)C)C(=O)N[C@@H](Cc1ccccc1)C(=O)N1CCC[C@H]1C(=O)N[C@@H](Cc1ccccc1)C(=O)O. The molecule has 0 aliphatic carbocycles. The third kappa shape index (κ3) is 18.1. The molecule has 69 heavy (non-hydrogen) atoms. The summed E-state index contributed by atoms with van der Waals surface area (Å²) < 4.78 is 0. The number of amides is 7. The predicted molar refractivity (Wildman–Crippen MR) is 253 cm³/mol. The van der Waals surface area contributed by atoms with Gasteiger partial charge in [0, 0.05) is 25.9 Å². The summed E-state index contributed by atoms with van der Waals surface area (Å²) in [6, 6.07) is 8.61. The van der Waals surface area contributed by atoms with E-state index < -0.39 is 120 Å². The molecule has 9 atom stereocenters. The molecule has 1 aliphatic rings. The molecule has 23 heteroatoms. The minimum absolute atomic E-state index is 0.00297. The molecule has 1 heterocycles. The van der Waals surface area contributed by atoms with Crippen LogP contribution in [0.25, 0.3) is 0 Å². The zero-order chi connectivity index (χ0) is 51.4. The molecule has 0 unspecified atom stereocenters. The second-order valence-corrected chi connectivity index (χ2v) is 17.3. The van der Waals surface area contributed by atoms with E-state index in [1.165, 1.54) is 4.90 Å². The second kappa shape index (κ2) is 27.6. The Morgan fingerprint density at radius 3 is 1.78 bits per heavy atom. The van der Waals surface area contributed by atoms with E-state index in [-0.39, 0.29) is 51.2 Å². The number of guanidine groups is 1. The summed E-state index contributed by atoms with van der Waals surface area (Å²) in [4.78, 5) is 124. The molecule has 1 fully saturated rings. The van der Waals surface area contributed by atoms with Gasteiger partial charge in [-0.3, -0.25) is 43.3 Å². The lowest BCUT2D eigenvalue weighted by atomic mass is 9.96. The maximum Gasteiger partial charge on any atom is 0.326 e. The minimum Gasteiger partial charge on any atom is -0.481 e. The number of hydrogen-bond acceptors (Lipinski definition) is 12. The van der Waals surface area contributed by atoms with Crippen molar-refractivity contribution in [3.05, 3.63) is 71.8 Å². The topological polar surface area (TPSA) is 386 Å². The first kappa shape index (κ1) is 56.2. The fourth-order valence-corrected chi connectivity index (χ4v) is 7.51. The maximum absolute atomic E-state index is 14.4. The van der Waals surface area contributed by atoms with Gasteiger partial charge in [0.1, 0.15) is 36.3 Å². The quantitative estimate of drug-likeness (QED) is 0.0198. The lowest BCUT2D eigenvalue weighted by Gasteiger charge is -2.31. The first-order chi connectivity index (χ1) is 32.6. The number of carboxylic acid groups (broad SMARTS) is 2. The minimum atomic E-state index is -1.76. The molecule has 16 N–H and O–H groups in total. The number of aliphatic imine (C=N–C) groups is 1. The van der Waals surface area contributed by atoms with Crippen molar-refractivity contribution in [1.82, 2.24) is 36.8 Å². The monoisotopic (exact) mass is 965 g/mol. The first-order valence-electron chi connectivity index (χ1n) is 22.8. The normalized spacial score (nSPS) is 16.7. The highest BCUT2D eigenvalue weighted by atomic mass is 16.4. The number of carboxylic acids is 2. The zero-order valence-corrected chi connectivity index (χ0v) is 39.4. The third-order valence-corrected chi connectivity index (χ3v) is 11.6. The lowest BCUT2D eigenvalue weighted by Crippen LogP contribution is -2.63. The summed E-state index contributed by atoms with van der Waals surface area (Å²) in [5.41, 5.74) is 24.0. The van der Waals surface area contributed by atoms with Crippen LogP contribution < -0.4 is 54.8 Å². The largest absolute Gasteiger partial charge is 0.481 e. The number of aliphatic carboxylic acids is 2. The molecular formula is C46H68N12O11. The molecular weight excluding hydrogens is 897 g/mol. The average Bonchev–Trinajstić information content (AvgIpc) is 3.80. The summed E-state index contributed by atoms with van der Waals surface area (Å²) in [7, 11) is 0. The molecule has 1 aliphatic heterocycles. The van der Waals surface area contributed by atoms with Gasteiger partial charge in [0.25, 0.3) is 5.91 Å². The summed E-state index contributed by atoms with van der Waals surface area (Å²) in [5.74, 6) is -9.63. The Labute approximate surface area is 400 Å². The van der Waals surface area contributed by atoms with E-state index in [1.54, 1.807) is 88.4 Å². The number of carbonyl (C=O) groups is 9. The van der Waals surface area contributed by atoms with Gasteiger partial charge >= 0.3 is 11.9 Å². The van der Waals surface area contributed by atoms with Crippen molar-refractivity contribution in [2.75, 3.05) is 13.1 Å². The highest BCUT2D eigenvalue weighted by Gasteiger charge is 2.40. The van der Waals surface area contributed by atoms with Crippen LogP contribution in [0.4, 0.5) is 0 Å². The number of hydrogen-bond donors (Lipinski definition) is 12. The Morgan fingerprint density at radius 1 is 0.696 bits per heavy atom. The second-order valence-electron chi connectivity index (χ2n) is 17.3. The van der Waals surface area contributed by atoms with Crippen LogP contribution in [-0.4, -0.2) is 136 Å². The van der Waals surface area contributed by atoms with E-state index in [9.17, 15) is 48.3 Å². The zero-order valence-electron chi connectivity index (χ0n) is 39.4.